The molecule has 2 aromatic rings. The first-order valence-corrected chi connectivity index (χ1v) is 7.17. The molecule has 0 fully saturated rings. The van der Waals surface area contributed by atoms with Gasteiger partial charge in [0.05, 0.1) is 11.5 Å². The van der Waals surface area contributed by atoms with Crippen molar-refractivity contribution in [1.29, 1.82) is 0 Å². The molecule has 0 aliphatic heterocycles. The quantitative estimate of drug-likeness (QED) is 0.466. The van der Waals surface area contributed by atoms with Crippen LogP contribution in [0.15, 0.2) is 54.4 Å². The highest BCUT2D eigenvalue weighted by molar-refractivity contribution is 7.09. The molecule has 1 aromatic carbocycles. The largest absolute Gasteiger partial charge is 0.330 e. The fourth-order valence-corrected chi connectivity index (χ4v) is 2.62. The molecule has 1 amide bonds. The number of thiophene rings is 1. The maximum atomic E-state index is 12.5. The molecule has 0 radical (unpaired) electrons. The van der Waals surface area contributed by atoms with Crippen LogP contribution < -0.4 is 0 Å². The van der Waals surface area contributed by atoms with Crippen molar-refractivity contribution < 1.29 is 9.72 Å². The van der Waals surface area contributed by atoms with Crippen molar-refractivity contribution >= 4 is 22.9 Å². The molecular formula is C15H14N2O3S. The number of nitro benzene ring substituents is 1. The lowest BCUT2D eigenvalue weighted by Gasteiger charge is -2.20. The van der Waals surface area contributed by atoms with Crippen LogP contribution in [0.1, 0.15) is 15.2 Å². The summed E-state index contributed by atoms with van der Waals surface area (Å²) in [7, 11) is 0. The molecule has 0 N–H and O–H groups in total. The third-order valence-electron chi connectivity index (χ3n) is 2.87. The maximum Gasteiger partial charge on any atom is 0.270 e. The minimum atomic E-state index is -0.506. The van der Waals surface area contributed by atoms with Gasteiger partial charge in [0.1, 0.15) is 0 Å². The summed E-state index contributed by atoms with van der Waals surface area (Å²) in [4.78, 5) is 25.4. The van der Waals surface area contributed by atoms with Gasteiger partial charge >= 0.3 is 0 Å². The van der Waals surface area contributed by atoms with Crippen LogP contribution in [0.3, 0.4) is 0 Å². The number of carbonyl (C=O) groups excluding carboxylic acids is 1. The highest BCUT2D eigenvalue weighted by Gasteiger charge is 2.17. The molecule has 108 valence electrons. The van der Waals surface area contributed by atoms with E-state index in [-0.39, 0.29) is 11.6 Å². The molecule has 0 saturated carbocycles. The monoisotopic (exact) mass is 302 g/mol. The number of hydrogen-bond donors (Lipinski definition) is 0. The summed E-state index contributed by atoms with van der Waals surface area (Å²) in [6.07, 6.45) is 1.64. The Labute approximate surface area is 126 Å². The summed E-state index contributed by atoms with van der Waals surface area (Å²) in [6.45, 7) is 4.50. The molecule has 0 spiro atoms. The van der Waals surface area contributed by atoms with Gasteiger partial charge in [0.15, 0.2) is 0 Å². The first-order valence-electron chi connectivity index (χ1n) is 6.29. The fraction of sp³-hybridized carbons (Fsp3) is 0.133. The Balaban J connectivity index is 2.23. The van der Waals surface area contributed by atoms with Crippen LogP contribution in [0.2, 0.25) is 0 Å². The van der Waals surface area contributed by atoms with Crippen molar-refractivity contribution in [2.75, 3.05) is 6.54 Å². The minimum absolute atomic E-state index is 0.0875. The summed E-state index contributed by atoms with van der Waals surface area (Å²) in [5, 5.41) is 12.7. The smallest absolute Gasteiger partial charge is 0.270 e. The molecule has 0 aliphatic rings. The van der Waals surface area contributed by atoms with Gasteiger partial charge in [0.25, 0.3) is 11.6 Å². The van der Waals surface area contributed by atoms with E-state index in [4.69, 9.17) is 0 Å². The van der Waals surface area contributed by atoms with Crippen molar-refractivity contribution in [3.63, 3.8) is 0 Å². The summed E-state index contributed by atoms with van der Waals surface area (Å²) >= 11 is 1.56. The molecule has 0 unspecified atom stereocenters. The van der Waals surface area contributed by atoms with E-state index in [1.807, 2.05) is 17.5 Å². The Morgan fingerprint density at radius 3 is 2.81 bits per heavy atom. The zero-order valence-electron chi connectivity index (χ0n) is 11.3. The second-order valence-corrected chi connectivity index (χ2v) is 5.39. The van der Waals surface area contributed by atoms with Gasteiger partial charge in [-0.2, -0.15) is 0 Å². The van der Waals surface area contributed by atoms with Crippen molar-refractivity contribution in [3.8, 4) is 0 Å². The number of rotatable bonds is 6. The minimum Gasteiger partial charge on any atom is -0.330 e. The third kappa shape index (κ3) is 3.76. The van der Waals surface area contributed by atoms with Gasteiger partial charge in [0, 0.05) is 29.1 Å². The molecule has 2 rings (SSSR count). The molecule has 0 aliphatic carbocycles. The fourth-order valence-electron chi connectivity index (χ4n) is 1.90. The highest BCUT2D eigenvalue weighted by Crippen LogP contribution is 2.17. The van der Waals surface area contributed by atoms with Gasteiger partial charge in [-0.05, 0) is 17.5 Å². The van der Waals surface area contributed by atoms with E-state index in [1.54, 1.807) is 28.4 Å². The number of amides is 1. The third-order valence-corrected chi connectivity index (χ3v) is 3.73. The summed E-state index contributed by atoms with van der Waals surface area (Å²) in [5.74, 6) is -0.244. The van der Waals surface area contributed by atoms with Crippen LogP contribution in [-0.2, 0) is 6.54 Å². The summed E-state index contributed by atoms with van der Waals surface area (Å²) in [6, 6.07) is 9.63. The van der Waals surface area contributed by atoms with Crippen LogP contribution in [-0.4, -0.2) is 22.3 Å². The number of non-ortho nitro benzene ring substituents is 1. The van der Waals surface area contributed by atoms with Crippen molar-refractivity contribution in [2.45, 2.75) is 6.54 Å². The van der Waals surface area contributed by atoms with Crippen molar-refractivity contribution in [3.05, 3.63) is 75.0 Å². The molecule has 0 saturated heterocycles. The van der Waals surface area contributed by atoms with E-state index in [9.17, 15) is 14.9 Å². The highest BCUT2D eigenvalue weighted by atomic mass is 32.1. The zero-order valence-corrected chi connectivity index (χ0v) is 12.1. The molecule has 1 aromatic heterocycles. The summed E-state index contributed by atoms with van der Waals surface area (Å²) < 4.78 is 0. The molecular weight excluding hydrogens is 288 g/mol. The average molecular weight is 302 g/mol. The Morgan fingerprint density at radius 2 is 2.19 bits per heavy atom. The van der Waals surface area contributed by atoms with Gasteiger partial charge in [0.2, 0.25) is 0 Å². The van der Waals surface area contributed by atoms with Crippen LogP contribution in [0.4, 0.5) is 5.69 Å². The van der Waals surface area contributed by atoms with Gasteiger partial charge in [-0.15, -0.1) is 17.9 Å². The standard InChI is InChI=1S/C15H14N2O3S/c1-2-8-16(11-14-7-4-9-21-14)15(18)12-5-3-6-13(10-12)17(19)20/h2-7,9-10H,1,8,11H2. The zero-order chi connectivity index (χ0) is 15.2. The second-order valence-electron chi connectivity index (χ2n) is 4.36. The van der Waals surface area contributed by atoms with Gasteiger partial charge in [-0.25, -0.2) is 0 Å². The topological polar surface area (TPSA) is 63.5 Å². The van der Waals surface area contributed by atoms with Gasteiger partial charge in [-0.3, -0.25) is 14.9 Å². The molecule has 1 heterocycles. The lowest BCUT2D eigenvalue weighted by molar-refractivity contribution is -0.384. The SMILES string of the molecule is C=CCN(Cc1cccs1)C(=O)c1cccc([N+](=O)[O-])c1. The Hall–Kier alpha value is -2.47. The lowest BCUT2D eigenvalue weighted by atomic mass is 10.1. The maximum absolute atomic E-state index is 12.5. The second kappa shape index (κ2) is 6.81. The lowest BCUT2D eigenvalue weighted by Crippen LogP contribution is -2.30. The van der Waals surface area contributed by atoms with E-state index in [1.165, 1.54) is 18.2 Å². The number of carbonyl (C=O) groups is 1. The Morgan fingerprint density at radius 1 is 1.38 bits per heavy atom. The van der Waals surface area contributed by atoms with E-state index in [0.717, 1.165) is 4.88 Å². The number of benzene rings is 1. The summed E-state index contributed by atoms with van der Waals surface area (Å²) in [5.41, 5.74) is 0.220. The van der Waals surface area contributed by atoms with Crippen molar-refractivity contribution in [2.24, 2.45) is 0 Å². The van der Waals surface area contributed by atoms with Crippen LogP contribution in [0.5, 0.6) is 0 Å². The predicted molar refractivity (Wildman–Crippen MR) is 82.4 cm³/mol. The number of nitro groups is 1. The first-order chi connectivity index (χ1) is 10.1. The molecule has 21 heavy (non-hydrogen) atoms. The molecule has 5 nitrogen and oxygen atoms in total. The Bertz CT molecular complexity index is 653. The number of nitrogens with zero attached hydrogens (tertiary/aromatic N) is 2. The van der Waals surface area contributed by atoms with Gasteiger partial charge < -0.3 is 4.90 Å². The number of hydrogen-bond acceptors (Lipinski definition) is 4. The van der Waals surface area contributed by atoms with E-state index in [2.05, 4.69) is 6.58 Å². The van der Waals surface area contributed by atoms with Crippen LogP contribution >= 0.6 is 11.3 Å². The molecule has 0 bridgehead atoms. The van der Waals surface area contributed by atoms with Crippen molar-refractivity contribution in [1.82, 2.24) is 4.90 Å². The van der Waals surface area contributed by atoms with E-state index >= 15 is 0 Å². The molecule has 0 atom stereocenters. The average Bonchev–Trinajstić information content (AvgIpc) is 2.99. The Kier molecular flexibility index (Phi) is 4.84. The van der Waals surface area contributed by atoms with E-state index in [0.29, 0.717) is 18.7 Å². The molecule has 6 heteroatoms. The van der Waals surface area contributed by atoms with Crippen LogP contribution in [0, 0.1) is 10.1 Å². The van der Waals surface area contributed by atoms with Crippen LogP contribution in [0.25, 0.3) is 0 Å². The normalized spacial score (nSPS) is 10.1. The van der Waals surface area contributed by atoms with E-state index < -0.39 is 4.92 Å². The predicted octanol–water partition coefficient (Wildman–Crippen LogP) is 3.48. The first kappa shape index (κ1) is 14.9. The van der Waals surface area contributed by atoms with Gasteiger partial charge in [-0.1, -0.05) is 18.2 Å².